The molecular formula is C64H123N2O6P. The minimum Gasteiger partial charge on any atom is -0.756 e. The minimum atomic E-state index is -4.58. The Morgan fingerprint density at radius 1 is 0.493 bits per heavy atom. The van der Waals surface area contributed by atoms with Crippen LogP contribution in [0.15, 0.2) is 48.6 Å². The summed E-state index contributed by atoms with van der Waals surface area (Å²) in [6, 6.07) is -0.804. The average molecular weight is 1050 g/mol. The van der Waals surface area contributed by atoms with Crippen LogP contribution in [0.25, 0.3) is 0 Å². The smallest absolute Gasteiger partial charge is 0.268 e. The first-order valence-electron chi connectivity index (χ1n) is 31.5. The maximum absolute atomic E-state index is 13.0. The number of aliphatic hydroxyl groups is 1. The third-order valence-electron chi connectivity index (χ3n) is 14.3. The van der Waals surface area contributed by atoms with Gasteiger partial charge in [-0.15, -0.1) is 0 Å². The zero-order chi connectivity index (χ0) is 53.5. The highest BCUT2D eigenvalue weighted by molar-refractivity contribution is 7.45. The van der Waals surface area contributed by atoms with Crippen molar-refractivity contribution < 1.29 is 32.9 Å². The molecule has 0 aliphatic carbocycles. The van der Waals surface area contributed by atoms with Gasteiger partial charge < -0.3 is 28.8 Å². The first kappa shape index (κ1) is 71.5. The molecule has 9 heteroatoms. The lowest BCUT2D eigenvalue weighted by Gasteiger charge is -2.30. The van der Waals surface area contributed by atoms with Crippen molar-refractivity contribution in [2.45, 2.75) is 315 Å². The second kappa shape index (κ2) is 55.2. The molecule has 0 saturated carbocycles. The predicted octanol–water partition coefficient (Wildman–Crippen LogP) is 18.9. The molecule has 0 heterocycles. The van der Waals surface area contributed by atoms with Crippen molar-refractivity contribution in [1.29, 1.82) is 0 Å². The number of phosphoric acid groups is 1. The molecule has 3 unspecified atom stereocenters. The number of unbranched alkanes of at least 4 members (excludes halogenated alkanes) is 37. The summed E-state index contributed by atoms with van der Waals surface area (Å²) in [4.78, 5) is 25.6. The Morgan fingerprint density at radius 2 is 0.836 bits per heavy atom. The van der Waals surface area contributed by atoms with Gasteiger partial charge in [0.1, 0.15) is 13.2 Å². The van der Waals surface area contributed by atoms with Crippen LogP contribution in [-0.4, -0.2) is 68.5 Å². The van der Waals surface area contributed by atoms with Crippen LogP contribution in [0.2, 0.25) is 0 Å². The van der Waals surface area contributed by atoms with Crippen LogP contribution < -0.4 is 10.2 Å². The van der Waals surface area contributed by atoms with Crippen LogP contribution in [0, 0.1) is 0 Å². The van der Waals surface area contributed by atoms with Gasteiger partial charge in [-0.3, -0.25) is 9.36 Å². The molecule has 0 aliphatic heterocycles. The molecule has 0 aromatic carbocycles. The first-order chi connectivity index (χ1) is 35.5. The number of amides is 1. The van der Waals surface area contributed by atoms with Gasteiger partial charge in [-0.1, -0.05) is 294 Å². The zero-order valence-electron chi connectivity index (χ0n) is 49.1. The number of nitrogens with zero attached hydrogens (tertiary/aromatic N) is 1. The van der Waals surface area contributed by atoms with Crippen LogP contribution in [0.1, 0.15) is 303 Å². The first-order valence-corrected chi connectivity index (χ1v) is 32.9. The van der Waals surface area contributed by atoms with Crippen LogP contribution >= 0.6 is 7.82 Å². The minimum absolute atomic E-state index is 0.0116. The van der Waals surface area contributed by atoms with Crippen molar-refractivity contribution in [3.05, 3.63) is 48.6 Å². The largest absolute Gasteiger partial charge is 0.756 e. The van der Waals surface area contributed by atoms with Gasteiger partial charge in [0.25, 0.3) is 7.82 Å². The van der Waals surface area contributed by atoms with E-state index in [0.29, 0.717) is 23.9 Å². The SMILES string of the molecule is CC/C=C\C/C=C\C/C=C\C/C=C\CCCCCCCCCCCCCCC(=O)NC(COP(=O)([O-])OCC[N+](C)(C)C)C(O)CCCCCCCCCCCCCCCCCCCCCCCCCCCC. The highest BCUT2D eigenvalue weighted by Crippen LogP contribution is 2.38. The monoisotopic (exact) mass is 1050 g/mol. The molecule has 0 aromatic rings. The van der Waals surface area contributed by atoms with Crippen molar-refractivity contribution in [2.24, 2.45) is 0 Å². The summed E-state index contributed by atoms with van der Waals surface area (Å²) in [5.41, 5.74) is 0. The van der Waals surface area contributed by atoms with Gasteiger partial charge in [0.15, 0.2) is 0 Å². The Bertz CT molecular complexity index is 1330. The molecule has 1 amide bonds. The maximum Gasteiger partial charge on any atom is 0.268 e. The number of carbonyl (C=O) groups excluding carboxylic acids is 1. The molecule has 0 bridgehead atoms. The third-order valence-corrected chi connectivity index (χ3v) is 15.3. The molecular weight excluding hydrogens is 924 g/mol. The number of carbonyl (C=O) groups is 1. The van der Waals surface area contributed by atoms with Gasteiger partial charge in [0.2, 0.25) is 5.91 Å². The molecule has 0 radical (unpaired) electrons. The standard InChI is InChI=1S/C64H123N2O6P/c1-6-8-10-12-14-16-18-20-22-24-26-28-30-32-34-35-37-39-41-43-45-47-49-51-53-55-57-63(67)62(61-72-73(69,70)71-60-59-66(3,4)5)65-64(68)58-56-54-52-50-48-46-44-42-40-38-36-33-31-29-27-25-23-21-19-17-15-13-11-9-7-2/h9,11,15,17,21,23,27,29,62-63,67H,6-8,10,12-14,16,18-20,22,24-26,28,30-61H2,1-5H3,(H-,65,68,69,70)/b11-9-,17-15-,23-21-,29-27-. The predicted molar refractivity (Wildman–Crippen MR) is 316 cm³/mol. The lowest BCUT2D eigenvalue weighted by atomic mass is 10.0. The summed E-state index contributed by atoms with van der Waals surface area (Å²) in [6.45, 7) is 4.65. The summed E-state index contributed by atoms with van der Waals surface area (Å²) in [5, 5.41) is 14.1. The van der Waals surface area contributed by atoms with Gasteiger partial charge >= 0.3 is 0 Å². The highest BCUT2D eigenvalue weighted by atomic mass is 31.2. The fourth-order valence-electron chi connectivity index (χ4n) is 9.45. The molecule has 430 valence electrons. The van der Waals surface area contributed by atoms with Crippen LogP contribution in [-0.2, 0) is 18.4 Å². The van der Waals surface area contributed by atoms with Crippen molar-refractivity contribution in [3.63, 3.8) is 0 Å². The molecule has 0 saturated heterocycles. The molecule has 8 nitrogen and oxygen atoms in total. The van der Waals surface area contributed by atoms with Crippen molar-refractivity contribution in [2.75, 3.05) is 40.9 Å². The van der Waals surface area contributed by atoms with E-state index in [1.807, 2.05) is 21.1 Å². The summed E-state index contributed by atoms with van der Waals surface area (Å²) < 4.78 is 23.5. The molecule has 0 rings (SSSR count). The van der Waals surface area contributed by atoms with Crippen molar-refractivity contribution in [1.82, 2.24) is 5.32 Å². The number of quaternary nitrogens is 1. The van der Waals surface area contributed by atoms with E-state index in [4.69, 9.17) is 9.05 Å². The van der Waals surface area contributed by atoms with Crippen LogP contribution in [0.3, 0.4) is 0 Å². The summed E-state index contributed by atoms with van der Waals surface area (Å²) in [6.07, 6.45) is 73.0. The number of allylic oxidation sites excluding steroid dienone is 8. The summed E-state index contributed by atoms with van der Waals surface area (Å²) in [5.74, 6) is -0.164. The number of hydrogen-bond acceptors (Lipinski definition) is 6. The van der Waals surface area contributed by atoms with E-state index in [1.165, 1.54) is 212 Å². The zero-order valence-corrected chi connectivity index (χ0v) is 50.0. The highest BCUT2D eigenvalue weighted by Gasteiger charge is 2.24. The van der Waals surface area contributed by atoms with E-state index < -0.39 is 20.0 Å². The number of phosphoric ester groups is 1. The number of rotatable bonds is 58. The Labute approximate surface area is 454 Å². The van der Waals surface area contributed by atoms with E-state index in [1.54, 1.807) is 0 Å². The number of likely N-dealkylation sites (N-methyl/N-ethyl adjacent to an activating group) is 1. The van der Waals surface area contributed by atoms with E-state index in [0.717, 1.165) is 64.2 Å². The fourth-order valence-corrected chi connectivity index (χ4v) is 10.2. The van der Waals surface area contributed by atoms with Crippen LogP contribution in [0.5, 0.6) is 0 Å². The third kappa shape index (κ3) is 58.0. The van der Waals surface area contributed by atoms with Gasteiger partial charge in [-0.05, 0) is 51.4 Å². The molecule has 3 atom stereocenters. The summed E-state index contributed by atoms with van der Waals surface area (Å²) in [7, 11) is 1.31. The van der Waals surface area contributed by atoms with Crippen LogP contribution in [0.4, 0.5) is 0 Å². The molecule has 0 aliphatic rings. The number of aliphatic hydroxyl groups excluding tert-OH is 1. The number of nitrogens with one attached hydrogen (secondary N) is 1. The molecule has 0 spiro atoms. The van der Waals surface area contributed by atoms with Gasteiger partial charge in [0, 0.05) is 6.42 Å². The van der Waals surface area contributed by atoms with E-state index in [-0.39, 0.29) is 19.1 Å². The molecule has 2 N–H and O–H groups in total. The Morgan fingerprint density at radius 3 is 1.22 bits per heavy atom. The fraction of sp³-hybridized carbons (Fsp3) is 0.859. The van der Waals surface area contributed by atoms with Gasteiger partial charge in [-0.2, -0.15) is 0 Å². The molecule has 73 heavy (non-hydrogen) atoms. The second-order valence-electron chi connectivity index (χ2n) is 22.7. The van der Waals surface area contributed by atoms with Crippen molar-refractivity contribution >= 4 is 13.7 Å². The van der Waals surface area contributed by atoms with E-state index >= 15 is 0 Å². The van der Waals surface area contributed by atoms with Gasteiger partial charge in [0.05, 0.1) is 39.9 Å². The lowest BCUT2D eigenvalue weighted by molar-refractivity contribution is -0.870. The summed E-state index contributed by atoms with van der Waals surface area (Å²) >= 11 is 0. The Balaban J connectivity index is 4.10. The quantitative estimate of drug-likeness (QED) is 0.0272. The lowest BCUT2D eigenvalue weighted by Crippen LogP contribution is -2.46. The molecule has 0 aromatic heterocycles. The number of hydrogen-bond donors (Lipinski definition) is 2. The Hall–Kier alpha value is -1.54. The average Bonchev–Trinajstić information content (AvgIpc) is 3.35. The van der Waals surface area contributed by atoms with E-state index in [9.17, 15) is 19.4 Å². The van der Waals surface area contributed by atoms with Crippen molar-refractivity contribution in [3.8, 4) is 0 Å². The normalized spacial score (nSPS) is 14.1. The molecule has 0 fully saturated rings. The topological polar surface area (TPSA) is 108 Å². The maximum atomic E-state index is 13.0. The Kier molecular flexibility index (Phi) is 54.1. The van der Waals surface area contributed by atoms with E-state index in [2.05, 4.69) is 67.8 Å². The second-order valence-corrected chi connectivity index (χ2v) is 24.2. The van der Waals surface area contributed by atoms with Gasteiger partial charge in [-0.25, -0.2) is 0 Å².